The maximum absolute atomic E-state index is 12.2. The van der Waals surface area contributed by atoms with Gasteiger partial charge in [0.1, 0.15) is 0 Å². The Kier molecular flexibility index (Phi) is 3.48. The van der Waals surface area contributed by atoms with Crippen LogP contribution < -0.4 is 10.6 Å². The number of rotatable bonds is 2. The highest BCUT2D eigenvalue weighted by Crippen LogP contribution is 2.24. The number of nitrogens with one attached hydrogen (secondary N) is 2. The van der Waals surface area contributed by atoms with Gasteiger partial charge in [0.25, 0.3) is 5.91 Å². The highest BCUT2D eigenvalue weighted by molar-refractivity contribution is 5.94. The van der Waals surface area contributed by atoms with Gasteiger partial charge in [-0.15, -0.1) is 0 Å². The van der Waals surface area contributed by atoms with Gasteiger partial charge < -0.3 is 10.6 Å². The van der Waals surface area contributed by atoms with Gasteiger partial charge in [-0.05, 0) is 35.7 Å². The zero-order valence-corrected chi connectivity index (χ0v) is 11.4. The first-order chi connectivity index (χ1) is 9.75. The van der Waals surface area contributed by atoms with Crippen molar-refractivity contribution >= 4 is 5.91 Å². The van der Waals surface area contributed by atoms with Crippen LogP contribution >= 0.6 is 0 Å². The Morgan fingerprint density at radius 1 is 1.35 bits per heavy atom. The van der Waals surface area contributed by atoms with Crippen LogP contribution in [0.2, 0.25) is 0 Å². The number of pyridine rings is 1. The summed E-state index contributed by atoms with van der Waals surface area (Å²) in [6, 6.07) is 9.79. The number of aryl methyl sites for hydroxylation is 1. The largest absolute Gasteiger partial charge is 0.344 e. The minimum absolute atomic E-state index is 0.00589. The number of amides is 1. The monoisotopic (exact) mass is 267 g/mol. The van der Waals surface area contributed by atoms with Gasteiger partial charge in [-0.25, -0.2) is 0 Å². The molecular weight excluding hydrogens is 250 g/mol. The Morgan fingerprint density at radius 2 is 2.25 bits per heavy atom. The molecule has 0 aliphatic carbocycles. The summed E-state index contributed by atoms with van der Waals surface area (Å²) in [4.78, 5) is 16.2. The lowest BCUT2D eigenvalue weighted by Crippen LogP contribution is -2.39. The Balaban J connectivity index is 1.84. The minimum atomic E-state index is -0.0840. The third kappa shape index (κ3) is 2.42. The molecule has 1 aliphatic heterocycles. The predicted octanol–water partition coefficient (Wildman–Crippen LogP) is 1.96. The number of hydrogen-bond donors (Lipinski definition) is 2. The molecule has 4 nitrogen and oxygen atoms in total. The number of hydrogen-bond acceptors (Lipinski definition) is 3. The van der Waals surface area contributed by atoms with E-state index >= 15 is 0 Å². The van der Waals surface area contributed by atoms with E-state index in [2.05, 4.69) is 34.7 Å². The Bertz CT molecular complexity index is 625. The van der Waals surface area contributed by atoms with Crippen molar-refractivity contribution in [1.29, 1.82) is 0 Å². The van der Waals surface area contributed by atoms with E-state index in [1.165, 1.54) is 16.7 Å². The fraction of sp³-hybridized carbons (Fsp3) is 0.250. The fourth-order valence-corrected chi connectivity index (χ4v) is 2.61. The lowest BCUT2D eigenvalue weighted by Gasteiger charge is -2.28. The molecule has 1 aromatic carbocycles. The number of aromatic nitrogens is 1. The number of fused-ring (bicyclic) bond motifs is 1. The molecule has 3 rings (SSSR count). The number of nitrogens with zero attached hydrogens (tertiary/aromatic N) is 1. The first-order valence-electron chi connectivity index (χ1n) is 6.75. The molecule has 0 radical (unpaired) electrons. The van der Waals surface area contributed by atoms with Crippen molar-refractivity contribution in [3.8, 4) is 0 Å². The average molecular weight is 267 g/mol. The third-order valence-electron chi connectivity index (χ3n) is 3.70. The van der Waals surface area contributed by atoms with E-state index in [-0.39, 0.29) is 11.9 Å². The lowest BCUT2D eigenvalue weighted by molar-refractivity contribution is 0.0934. The lowest BCUT2D eigenvalue weighted by atomic mass is 9.93. The first kappa shape index (κ1) is 12.8. The zero-order chi connectivity index (χ0) is 13.9. The van der Waals surface area contributed by atoms with Crippen molar-refractivity contribution in [2.75, 3.05) is 6.54 Å². The number of carbonyl (C=O) groups excluding carboxylic acids is 1. The second kappa shape index (κ2) is 5.43. The van der Waals surface area contributed by atoms with E-state index in [0.717, 1.165) is 13.1 Å². The molecule has 1 unspecified atom stereocenters. The van der Waals surface area contributed by atoms with Gasteiger partial charge in [0.15, 0.2) is 0 Å². The molecule has 1 atom stereocenters. The summed E-state index contributed by atoms with van der Waals surface area (Å²) in [5.41, 5.74) is 4.35. The van der Waals surface area contributed by atoms with E-state index in [0.29, 0.717) is 5.56 Å². The molecule has 0 saturated heterocycles. The minimum Gasteiger partial charge on any atom is -0.344 e. The van der Waals surface area contributed by atoms with Crippen LogP contribution in [0.4, 0.5) is 0 Å². The van der Waals surface area contributed by atoms with Gasteiger partial charge in [0.2, 0.25) is 0 Å². The number of carbonyl (C=O) groups is 1. The van der Waals surface area contributed by atoms with Crippen LogP contribution in [-0.2, 0) is 6.54 Å². The predicted molar refractivity (Wildman–Crippen MR) is 77.3 cm³/mol. The van der Waals surface area contributed by atoms with Gasteiger partial charge in [-0.3, -0.25) is 9.78 Å². The summed E-state index contributed by atoms with van der Waals surface area (Å²) in [5.74, 6) is -0.0840. The van der Waals surface area contributed by atoms with Crippen molar-refractivity contribution in [3.63, 3.8) is 0 Å². The van der Waals surface area contributed by atoms with Crippen LogP contribution in [0.5, 0.6) is 0 Å². The van der Waals surface area contributed by atoms with Crippen LogP contribution in [0.1, 0.15) is 33.1 Å². The summed E-state index contributed by atoms with van der Waals surface area (Å²) < 4.78 is 0. The van der Waals surface area contributed by atoms with Crippen LogP contribution in [0, 0.1) is 6.92 Å². The van der Waals surface area contributed by atoms with Gasteiger partial charge in [0, 0.05) is 25.5 Å². The number of benzene rings is 1. The molecule has 2 aromatic rings. The Labute approximate surface area is 118 Å². The van der Waals surface area contributed by atoms with Crippen molar-refractivity contribution in [2.24, 2.45) is 0 Å². The maximum Gasteiger partial charge on any atom is 0.253 e. The summed E-state index contributed by atoms with van der Waals surface area (Å²) in [7, 11) is 0. The van der Waals surface area contributed by atoms with E-state index in [1.54, 1.807) is 24.5 Å². The molecule has 0 fully saturated rings. The van der Waals surface area contributed by atoms with Crippen LogP contribution in [-0.4, -0.2) is 17.4 Å². The molecule has 20 heavy (non-hydrogen) atoms. The average Bonchev–Trinajstić information content (AvgIpc) is 2.49. The summed E-state index contributed by atoms with van der Waals surface area (Å²) in [6.45, 7) is 3.72. The second-order valence-electron chi connectivity index (χ2n) is 5.04. The molecule has 1 aliphatic rings. The van der Waals surface area contributed by atoms with Gasteiger partial charge >= 0.3 is 0 Å². The van der Waals surface area contributed by atoms with Crippen molar-refractivity contribution in [3.05, 3.63) is 65.0 Å². The van der Waals surface area contributed by atoms with Crippen molar-refractivity contribution < 1.29 is 4.79 Å². The van der Waals surface area contributed by atoms with Gasteiger partial charge in [-0.1, -0.05) is 18.2 Å². The molecule has 1 aromatic heterocycles. The molecule has 1 amide bonds. The first-order valence-corrected chi connectivity index (χ1v) is 6.75. The highest BCUT2D eigenvalue weighted by Gasteiger charge is 2.22. The van der Waals surface area contributed by atoms with Crippen LogP contribution in [0.25, 0.3) is 0 Å². The standard InChI is InChI=1S/C16H17N3O/c1-11-4-2-6-13-14(11)9-18-10-15(13)19-16(20)12-5-3-7-17-8-12/h2-8,15,18H,9-10H2,1H3,(H,19,20). The summed E-state index contributed by atoms with van der Waals surface area (Å²) >= 11 is 0. The SMILES string of the molecule is Cc1cccc2c1CNCC2NC(=O)c1cccnc1. The Hall–Kier alpha value is -2.20. The van der Waals surface area contributed by atoms with Crippen molar-refractivity contribution in [2.45, 2.75) is 19.5 Å². The van der Waals surface area contributed by atoms with Crippen LogP contribution in [0.15, 0.2) is 42.7 Å². The van der Waals surface area contributed by atoms with Gasteiger partial charge in [0.05, 0.1) is 11.6 Å². The topological polar surface area (TPSA) is 54.0 Å². The van der Waals surface area contributed by atoms with E-state index in [4.69, 9.17) is 0 Å². The molecule has 0 spiro atoms. The van der Waals surface area contributed by atoms with E-state index in [9.17, 15) is 4.79 Å². The fourth-order valence-electron chi connectivity index (χ4n) is 2.61. The molecule has 2 heterocycles. The molecular formula is C16H17N3O. The Morgan fingerprint density at radius 3 is 3.05 bits per heavy atom. The normalized spacial score (nSPS) is 17.4. The van der Waals surface area contributed by atoms with Crippen molar-refractivity contribution in [1.82, 2.24) is 15.6 Å². The molecule has 102 valence electrons. The van der Waals surface area contributed by atoms with Gasteiger partial charge in [-0.2, -0.15) is 0 Å². The quantitative estimate of drug-likeness (QED) is 0.874. The highest BCUT2D eigenvalue weighted by atomic mass is 16.1. The van der Waals surface area contributed by atoms with E-state index < -0.39 is 0 Å². The molecule has 2 N–H and O–H groups in total. The smallest absolute Gasteiger partial charge is 0.253 e. The molecule has 0 saturated carbocycles. The molecule has 4 heteroatoms. The van der Waals surface area contributed by atoms with E-state index in [1.807, 2.05) is 6.07 Å². The third-order valence-corrected chi connectivity index (χ3v) is 3.70. The second-order valence-corrected chi connectivity index (χ2v) is 5.04. The molecule has 0 bridgehead atoms. The summed E-state index contributed by atoms with van der Waals surface area (Å²) in [6.07, 6.45) is 3.25. The zero-order valence-electron chi connectivity index (χ0n) is 11.4. The van der Waals surface area contributed by atoms with Crippen LogP contribution in [0.3, 0.4) is 0 Å². The summed E-state index contributed by atoms with van der Waals surface area (Å²) in [5, 5.41) is 6.44. The maximum atomic E-state index is 12.2.